The summed E-state index contributed by atoms with van der Waals surface area (Å²) in [7, 11) is 0. The van der Waals surface area contributed by atoms with E-state index in [9.17, 15) is 19.8 Å². The molecule has 3 unspecified atom stereocenters. The molecule has 4 aliphatic rings. The van der Waals surface area contributed by atoms with E-state index in [0.717, 1.165) is 0 Å². The minimum absolute atomic E-state index is 0.0567. The lowest BCUT2D eigenvalue weighted by Gasteiger charge is -2.63. The van der Waals surface area contributed by atoms with Crippen molar-refractivity contribution in [2.75, 3.05) is 0 Å². The first-order valence-corrected chi connectivity index (χ1v) is 10.3. The van der Waals surface area contributed by atoms with Gasteiger partial charge < -0.3 is 10.2 Å². The van der Waals surface area contributed by atoms with Gasteiger partial charge in [-0.3, -0.25) is 9.59 Å². The number of fused-ring (bicyclic) bond motifs is 5. The van der Waals surface area contributed by atoms with Crippen LogP contribution in [0.4, 0.5) is 8.78 Å². The fourth-order valence-electron chi connectivity index (χ4n) is 7.65. The molecule has 2 N–H and O–H groups in total. The topological polar surface area (TPSA) is 74.6 Å². The Labute approximate surface area is 164 Å². The Hall–Kier alpha value is -1.14. The van der Waals surface area contributed by atoms with Crippen molar-refractivity contribution in [3.05, 3.63) is 11.6 Å². The minimum atomic E-state index is -2.09. The Morgan fingerprint density at radius 3 is 2.50 bits per heavy atom. The Morgan fingerprint density at radius 1 is 1.25 bits per heavy atom. The molecular formula is C22H30F2O4. The molecule has 0 radical (unpaired) electrons. The zero-order valence-corrected chi connectivity index (χ0v) is 17.0. The van der Waals surface area contributed by atoms with Crippen LogP contribution in [0.15, 0.2) is 11.6 Å². The standard InChI is InChI=1S/C22H30F2O4/c1-11-7-14-15-9-17(23)16-8-13(26)5-6-19(16,3)21(15,24)18(27)10-20(14,4)22(11,28)12(2)25/h8,11,14-15,17-18,27-28H,5-7,9-10H2,1-4H3/t11?,14-,15-,17?,18?,19-,20-,21-,22-/m0/s1. The number of halogens is 2. The second kappa shape index (κ2) is 5.72. The van der Waals surface area contributed by atoms with Crippen molar-refractivity contribution in [2.24, 2.45) is 28.6 Å². The van der Waals surface area contributed by atoms with Gasteiger partial charge in [0.25, 0.3) is 0 Å². The van der Waals surface area contributed by atoms with Gasteiger partial charge >= 0.3 is 0 Å². The minimum Gasteiger partial charge on any atom is -0.390 e. The lowest BCUT2D eigenvalue weighted by molar-refractivity contribution is -0.232. The molecule has 0 heterocycles. The number of aliphatic hydroxyl groups excluding tert-OH is 1. The van der Waals surface area contributed by atoms with E-state index in [0.29, 0.717) is 6.42 Å². The van der Waals surface area contributed by atoms with Crippen LogP contribution in [-0.2, 0) is 9.59 Å². The third kappa shape index (κ3) is 2.01. The number of ketones is 2. The molecule has 6 heteroatoms. The van der Waals surface area contributed by atoms with Gasteiger partial charge in [-0.15, -0.1) is 0 Å². The van der Waals surface area contributed by atoms with Crippen LogP contribution >= 0.6 is 0 Å². The molecule has 0 aliphatic heterocycles. The van der Waals surface area contributed by atoms with E-state index < -0.39 is 52.1 Å². The molecule has 4 aliphatic carbocycles. The monoisotopic (exact) mass is 396 g/mol. The summed E-state index contributed by atoms with van der Waals surface area (Å²) in [5.74, 6) is -2.22. The quantitative estimate of drug-likeness (QED) is 0.714. The van der Waals surface area contributed by atoms with Crippen LogP contribution in [-0.4, -0.2) is 45.3 Å². The van der Waals surface area contributed by atoms with Gasteiger partial charge in [0.2, 0.25) is 0 Å². The highest BCUT2D eigenvalue weighted by Gasteiger charge is 2.76. The average molecular weight is 396 g/mol. The maximum Gasteiger partial charge on any atom is 0.162 e. The molecule has 0 bridgehead atoms. The predicted octanol–water partition coefficient (Wildman–Crippen LogP) is 3.10. The molecule has 28 heavy (non-hydrogen) atoms. The van der Waals surface area contributed by atoms with Crippen molar-refractivity contribution in [2.45, 2.75) is 83.3 Å². The van der Waals surface area contributed by atoms with Gasteiger partial charge in [-0.1, -0.05) is 20.8 Å². The first-order chi connectivity index (χ1) is 12.8. The van der Waals surface area contributed by atoms with Crippen molar-refractivity contribution in [1.82, 2.24) is 0 Å². The molecule has 0 amide bonds. The average Bonchev–Trinajstić information content (AvgIpc) is 2.81. The van der Waals surface area contributed by atoms with Gasteiger partial charge in [-0.05, 0) is 56.1 Å². The van der Waals surface area contributed by atoms with Crippen molar-refractivity contribution in [1.29, 1.82) is 0 Å². The maximum absolute atomic E-state index is 16.9. The number of Topliss-reactive ketones (excluding diaryl/α,β-unsaturated/α-hetero) is 1. The first-order valence-electron chi connectivity index (χ1n) is 10.3. The summed E-state index contributed by atoms with van der Waals surface area (Å²) < 4.78 is 32.1. The fourth-order valence-corrected chi connectivity index (χ4v) is 7.65. The van der Waals surface area contributed by atoms with E-state index in [4.69, 9.17) is 0 Å². The zero-order chi connectivity index (χ0) is 20.9. The van der Waals surface area contributed by atoms with Crippen LogP contribution in [0.3, 0.4) is 0 Å². The summed E-state index contributed by atoms with van der Waals surface area (Å²) in [4.78, 5) is 24.3. The third-order valence-electron chi connectivity index (χ3n) is 9.14. The van der Waals surface area contributed by atoms with E-state index in [1.54, 1.807) is 20.8 Å². The molecule has 0 saturated heterocycles. The summed E-state index contributed by atoms with van der Waals surface area (Å²) in [6, 6.07) is 0. The SMILES string of the molecule is CC(=O)[C@@]1(O)C(C)C[C@H]2[C@@H]3CC(F)C4=CC(=O)CC[C@]4(C)[C@@]3(F)C(O)C[C@@]21C. The van der Waals surface area contributed by atoms with E-state index in [2.05, 4.69) is 0 Å². The van der Waals surface area contributed by atoms with Gasteiger partial charge in [-0.25, -0.2) is 8.78 Å². The summed E-state index contributed by atoms with van der Waals surface area (Å²) in [5, 5.41) is 22.4. The van der Waals surface area contributed by atoms with E-state index in [-0.39, 0.29) is 42.8 Å². The number of aliphatic hydroxyl groups is 2. The van der Waals surface area contributed by atoms with E-state index in [1.807, 2.05) is 0 Å². The normalized spacial score (nSPS) is 55.8. The number of alkyl halides is 2. The summed E-state index contributed by atoms with van der Waals surface area (Å²) in [6.45, 7) is 6.49. The summed E-state index contributed by atoms with van der Waals surface area (Å²) >= 11 is 0. The second-order valence-corrected chi connectivity index (χ2v) is 10.2. The van der Waals surface area contributed by atoms with Crippen LogP contribution < -0.4 is 0 Å². The Balaban J connectivity index is 1.87. The Bertz CT molecular complexity index is 780. The lowest BCUT2D eigenvalue weighted by atomic mass is 9.43. The zero-order valence-electron chi connectivity index (χ0n) is 17.0. The molecule has 9 atom stereocenters. The summed E-state index contributed by atoms with van der Waals surface area (Å²) in [5.41, 5.74) is -5.86. The van der Waals surface area contributed by atoms with Crippen molar-refractivity contribution in [3.63, 3.8) is 0 Å². The van der Waals surface area contributed by atoms with E-state index >= 15 is 8.78 Å². The van der Waals surface area contributed by atoms with Gasteiger partial charge in [0.1, 0.15) is 17.4 Å². The molecular weight excluding hydrogens is 366 g/mol. The van der Waals surface area contributed by atoms with Crippen LogP contribution in [0, 0.1) is 28.6 Å². The molecule has 0 spiro atoms. The van der Waals surface area contributed by atoms with Crippen LogP contribution in [0.25, 0.3) is 0 Å². The highest BCUT2D eigenvalue weighted by atomic mass is 19.1. The number of hydrogen-bond acceptors (Lipinski definition) is 4. The highest BCUT2D eigenvalue weighted by molar-refractivity contribution is 5.92. The van der Waals surface area contributed by atoms with Gasteiger partial charge in [-0.2, -0.15) is 0 Å². The fraction of sp³-hybridized carbons (Fsp3) is 0.818. The van der Waals surface area contributed by atoms with Crippen molar-refractivity contribution < 1.29 is 28.6 Å². The predicted molar refractivity (Wildman–Crippen MR) is 98.9 cm³/mol. The summed E-state index contributed by atoms with van der Waals surface area (Å²) in [6.07, 6.45) is -1.14. The Kier molecular flexibility index (Phi) is 4.12. The highest BCUT2D eigenvalue weighted by Crippen LogP contribution is 2.71. The molecule has 156 valence electrons. The van der Waals surface area contributed by atoms with Gasteiger partial charge in [0.15, 0.2) is 11.6 Å². The van der Waals surface area contributed by atoms with E-state index in [1.165, 1.54) is 13.0 Å². The van der Waals surface area contributed by atoms with Crippen LogP contribution in [0.2, 0.25) is 0 Å². The van der Waals surface area contributed by atoms with Crippen LogP contribution in [0.5, 0.6) is 0 Å². The smallest absolute Gasteiger partial charge is 0.162 e. The van der Waals surface area contributed by atoms with Crippen LogP contribution in [0.1, 0.15) is 59.8 Å². The van der Waals surface area contributed by atoms with Crippen molar-refractivity contribution in [3.8, 4) is 0 Å². The molecule has 3 saturated carbocycles. The molecule has 4 nitrogen and oxygen atoms in total. The second-order valence-electron chi connectivity index (χ2n) is 10.2. The maximum atomic E-state index is 16.9. The number of allylic oxidation sites excluding steroid dienone is 1. The number of carbonyl (C=O) groups excluding carboxylic acids is 2. The van der Waals surface area contributed by atoms with Gasteiger partial charge in [0, 0.05) is 23.2 Å². The number of carbonyl (C=O) groups is 2. The molecule has 0 aromatic rings. The van der Waals surface area contributed by atoms with Gasteiger partial charge in [0.05, 0.1) is 6.10 Å². The molecule has 3 fully saturated rings. The molecule has 0 aromatic heterocycles. The van der Waals surface area contributed by atoms with Crippen molar-refractivity contribution >= 4 is 11.6 Å². The number of rotatable bonds is 1. The first kappa shape index (κ1) is 20.1. The number of hydrogen-bond donors (Lipinski definition) is 2. The molecule has 0 aromatic carbocycles. The Morgan fingerprint density at radius 2 is 1.89 bits per heavy atom. The third-order valence-corrected chi connectivity index (χ3v) is 9.14. The largest absolute Gasteiger partial charge is 0.390 e. The molecule has 4 rings (SSSR count). The lowest BCUT2D eigenvalue weighted by Crippen LogP contribution is -2.70.